The molecule has 0 radical (unpaired) electrons. The summed E-state index contributed by atoms with van der Waals surface area (Å²) in [6.07, 6.45) is 0.610. The molecule has 0 aliphatic heterocycles. The van der Waals surface area contributed by atoms with Gasteiger partial charge in [-0.15, -0.1) is 0 Å². The molecule has 150 valence electrons. The molecule has 0 fully saturated rings. The Kier molecular flexibility index (Phi) is 8.47. The lowest BCUT2D eigenvalue weighted by atomic mass is 9.86. The van der Waals surface area contributed by atoms with E-state index in [1.165, 1.54) is 14.0 Å². The number of ether oxygens (including phenoxy) is 1. The molecule has 1 aromatic rings. The lowest BCUT2D eigenvalue weighted by Crippen LogP contribution is -2.39. The number of benzene rings is 1. The van der Waals surface area contributed by atoms with E-state index in [9.17, 15) is 14.4 Å². The highest BCUT2D eigenvalue weighted by molar-refractivity contribution is 5.94. The van der Waals surface area contributed by atoms with E-state index >= 15 is 0 Å². The summed E-state index contributed by atoms with van der Waals surface area (Å²) in [5, 5.41) is 2.72. The van der Waals surface area contributed by atoms with Gasteiger partial charge in [0.15, 0.2) is 0 Å². The van der Waals surface area contributed by atoms with Gasteiger partial charge in [-0.05, 0) is 29.5 Å². The molecule has 2 amide bonds. The molecular formula is C21H32N2O4. The molecule has 0 bridgehead atoms. The van der Waals surface area contributed by atoms with E-state index in [1.807, 2.05) is 24.3 Å². The van der Waals surface area contributed by atoms with Crippen molar-refractivity contribution in [2.75, 3.05) is 26.7 Å². The van der Waals surface area contributed by atoms with Gasteiger partial charge in [-0.2, -0.15) is 0 Å². The predicted molar refractivity (Wildman–Crippen MR) is 106 cm³/mol. The number of hydrogen-bond acceptors (Lipinski definition) is 4. The van der Waals surface area contributed by atoms with Gasteiger partial charge in [-0.25, -0.2) is 0 Å². The van der Waals surface area contributed by atoms with Crippen molar-refractivity contribution in [2.45, 2.75) is 46.5 Å². The minimum atomic E-state index is -0.423. The van der Waals surface area contributed by atoms with Crippen LogP contribution in [-0.2, 0) is 19.7 Å². The highest BCUT2D eigenvalue weighted by Gasteiger charge is 2.23. The SMILES string of the molecule is COC(=O)C(C)CN(CCCNC(C)=O)C(=O)c1ccc(C(C)(C)C)cc1. The molecule has 0 aliphatic carbocycles. The second-order valence-electron chi connectivity index (χ2n) is 7.84. The summed E-state index contributed by atoms with van der Waals surface area (Å²) < 4.78 is 4.77. The van der Waals surface area contributed by atoms with Gasteiger partial charge in [0.25, 0.3) is 5.91 Å². The third-order valence-corrected chi connectivity index (χ3v) is 4.36. The number of rotatable bonds is 8. The fourth-order valence-electron chi connectivity index (χ4n) is 2.71. The monoisotopic (exact) mass is 376 g/mol. The van der Waals surface area contributed by atoms with Crippen molar-refractivity contribution in [3.05, 3.63) is 35.4 Å². The van der Waals surface area contributed by atoms with Crippen LogP contribution in [0.15, 0.2) is 24.3 Å². The summed E-state index contributed by atoms with van der Waals surface area (Å²) in [5.41, 5.74) is 1.75. The van der Waals surface area contributed by atoms with Gasteiger partial charge in [0.05, 0.1) is 13.0 Å². The number of esters is 1. The minimum absolute atomic E-state index is 0.0129. The first-order chi connectivity index (χ1) is 12.6. The van der Waals surface area contributed by atoms with Crippen LogP contribution in [0.1, 0.15) is 57.0 Å². The molecule has 0 heterocycles. The quantitative estimate of drug-likeness (QED) is 0.559. The Balaban J connectivity index is 2.89. The highest BCUT2D eigenvalue weighted by atomic mass is 16.5. The zero-order valence-corrected chi connectivity index (χ0v) is 17.3. The number of nitrogens with zero attached hydrogens (tertiary/aromatic N) is 1. The Morgan fingerprint density at radius 1 is 1.15 bits per heavy atom. The summed E-state index contributed by atoms with van der Waals surface area (Å²) in [7, 11) is 1.34. The minimum Gasteiger partial charge on any atom is -0.469 e. The Bertz CT molecular complexity index is 647. The summed E-state index contributed by atoms with van der Waals surface area (Å²) in [6.45, 7) is 10.8. The van der Waals surface area contributed by atoms with Gasteiger partial charge in [0.1, 0.15) is 0 Å². The van der Waals surface area contributed by atoms with Crippen molar-refractivity contribution >= 4 is 17.8 Å². The van der Waals surface area contributed by atoms with Crippen molar-refractivity contribution in [1.82, 2.24) is 10.2 Å². The molecule has 1 N–H and O–H groups in total. The molecule has 0 saturated carbocycles. The highest BCUT2D eigenvalue weighted by Crippen LogP contribution is 2.22. The number of carbonyl (C=O) groups is 3. The first-order valence-electron chi connectivity index (χ1n) is 9.28. The Hall–Kier alpha value is -2.37. The van der Waals surface area contributed by atoms with Crippen molar-refractivity contribution in [3.63, 3.8) is 0 Å². The van der Waals surface area contributed by atoms with Crippen LogP contribution >= 0.6 is 0 Å². The van der Waals surface area contributed by atoms with Crippen molar-refractivity contribution in [2.24, 2.45) is 5.92 Å². The van der Waals surface area contributed by atoms with Gasteiger partial charge in [-0.3, -0.25) is 14.4 Å². The Morgan fingerprint density at radius 2 is 1.74 bits per heavy atom. The van der Waals surface area contributed by atoms with E-state index < -0.39 is 5.92 Å². The number of amides is 2. The molecule has 0 aliphatic rings. The summed E-state index contributed by atoms with van der Waals surface area (Å²) >= 11 is 0. The van der Waals surface area contributed by atoms with Crippen LogP contribution in [0.4, 0.5) is 0 Å². The topological polar surface area (TPSA) is 75.7 Å². The number of nitrogens with one attached hydrogen (secondary N) is 1. The third kappa shape index (κ3) is 7.41. The standard InChI is InChI=1S/C21H32N2O4/c1-15(20(26)27-6)14-23(13-7-12-22-16(2)24)19(25)17-8-10-18(11-9-17)21(3,4)5/h8-11,15H,7,12-14H2,1-6H3,(H,22,24). The number of methoxy groups -OCH3 is 1. The van der Waals surface area contributed by atoms with Crippen molar-refractivity contribution in [3.8, 4) is 0 Å². The van der Waals surface area contributed by atoms with E-state index in [0.29, 0.717) is 25.1 Å². The van der Waals surface area contributed by atoms with E-state index in [-0.39, 0.29) is 29.7 Å². The molecule has 6 nitrogen and oxygen atoms in total. The van der Waals surface area contributed by atoms with Crippen LogP contribution in [-0.4, -0.2) is 49.4 Å². The molecule has 0 saturated heterocycles. The lowest BCUT2D eigenvalue weighted by molar-refractivity contribution is -0.145. The smallest absolute Gasteiger partial charge is 0.310 e. The molecule has 0 spiro atoms. The van der Waals surface area contributed by atoms with Crippen molar-refractivity contribution in [1.29, 1.82) is 0 Å². The lowest BCUT2D eigenvalue weighted by Gasteiger charge is -2.26. The summed E-state index contributed by atoms with van der Waals surface area (Å²) in [5.74, 6) is -1.01. The average Bonchev–Trinajstić information content (AvgIpc) is 2.61. The van der Waals surface area contributed by atoms with E-state index in [2.05, 4.69) is 26.1 Å². The van der Waals surface area contributed by atoms with Crippen LogP contribution in [0.3, 0.4) is 0 Å². The largest absolute Gasteiger partial charge is 0.469 e. The van der Waals surface area contributed by atoms with Crippen LogP contribution < -0.4 is 5.32 Å². The molecule has 1 unspecified atom stereocenters. The van der Waals surface area contributed by atoms with Crippen molar-refractivity contribution < 1.29 is 19.1 Å². The summed E-state index contributed by atoms with van der Waals surface area (Å²) in [6, 6.07) is 7.58. The zero-order chi connectivity index (χ0) is 20.6. The Morgan fingerprint density at radius 3 is 2.22 bits per heavy atom. The maximum Gasteiger partial charge on any atom is 0.310 e. The fourth-order valence-corrected chi connectivity index (χ4v) is 2.71. The molecule has 6 heteroatoms. The van der Waals surface area contributed by atoms with Crippen LogP contribution in [0, 0.1) is 5.92 Å². The van der Waals surface area contributed by atoms with Gasteiger partial charge in [0, 0.05) is 32.1 Å². The summed E-state index contributed by atoms with van der Waals surface area (Å²) in [4.78, 5) is 37.4. The third-order valence-electron chi connectivity index (χ3n) is 4.36. The van der Waals surface area contributed by atoms with Gasteiger partial charge in [-0.1, -0.05) is 39.8 Å². The van der Waals surface area contributed by atoms with Crippen LogP contribution in [0.5, 0.6) is 0 Å². The van der Waals surface area contributed by atoms with E-state index in [0.717, 1.165) is 5.56 Å². The van der Waals surface area contributed by atoms with Gasteiger partial charge >= 0.3 is 5.97 Å². The first-order valence-corrected chi connectivity index (χ1v) is 9.28. The molecule has 27 heavy (non-hydrogen) atoms. The second-order valence-corrected chi connectivity index (χ2v) is 7.84. The zero-order valence-electron chi connectivity index (χ0n) is 17.3. The first kappa shape index (κ1) is 22.7. The van der Waals surface area contributed by atoms with Crippen LogP contribution in [0.25, 0.3) is 0 Å². The normalized spacial score (nSPS) is 12.2. The van der Waals surface area contributed by atoms with E-state index in [4.69, 9.17) is 4.74 Å². The molecule has 0 aromatic heterocycles. The fraction of sp³-hybridized carbons (Fsp3) is 0.571. The molecule has 1 aromatic carbocycles. The molecule has 1 rings (SSSR count). The maximum atomic E-state index is 13.0. The molecular weight excluding hydrogens is 344 g/mol. The van der Waals surface area contributed by atoms with Gasteiger partial charge < -0.3 is 15.0 Å². The van der Waals surface area contributed by atoms with E-state index in [1.54, 1.807) is 11.8 Å². The van der Waals surface area contributed by atoms with Crippen LogP contribution in [0.2, 0.25) is 0 Å². The second kappa shape index (κ2) is 10.1. The average molecular weight is 376 g/mol. The number of hydrogen-bond donors (Lipinski definition) is 1. The Labute approximate surface area is 162 Å². The molecule has 1 atom stereocenters. The predicted octanol–water partition coefficient (Wildman–Crippen LogP) is 2.76. The maximum absolute atomic E-state index is 13.0. The number of carbonyl (C=O) groups excluding carboxylic acids is 3. The van der Waals surface area contributed by atoms with Gasteiger partial charge in [0.2, 0.25) is 5.91 Å².